The zero-order valence-corrected chi connectivity index (χ0v) is 12.3. The van der Waals surface area contributed by atoms with Gasteiger partial charge in [-0.25, -0.2) is 9.97 Å². The predicted molar refractivity (Wildman–Crippen MR) is 81.4 cm³/mol. The number of aliphatic hydroxyl groups excluding tert-OH is 1. The molecule has 4 heterocycles. The van der Waals surface area contributed by atoms with Crippen LogP contribution in [0.3, 0.4) is 0 Å². The molecule has 21 heavy (non-hydrogen) atoms. The number of piperidine rings is 1. The zero-order chi connectivity index (χ0) is 14.4. The number of aromatic nitrogens is 3. The molecule has 6 heteroatoms. The van der Waals surface area contributed by atoms with E-state index in [-0.39, 0.29) is 6.10 Å². The summed E-state index contributed by atoms with van der Waals surface area (Å²) in [4.78, 5) is 17.1. The number of β-amino-alcohol motifs (C(OH)–C–C–N with tert-alkyl or cyclic N) is 1. The maximum Gasteiger partial charge on any atom is 0.156 e. The SMILES string of the molecule is Cc1nc(N2CCC(N3CC(O)C3)CC2)c2[nH]ccc2n1. The fourth-order valence-corrected chi connectivity index (χ4v) is 3.50. The molecule has 0 amide bonds. The number of rotatable bonds is 2. The first kappa shape index (κ1) is 13.0. The number of aromatic amines is 1. The Morgan fingerprint density at radius 2 is 2.00 bits per heavy atom. The summed E-state index contributed by atoms with van der Waals surface area (Å²) >= 11 is 0. The molecular weight excluding hydrogens is 266 g/mol. The Morgan fingerprint density at radius 3 is 2.71 bits per heavy atom. The van der Waals surface area contributed by atoms with Crippen molar-refractivity contribution in [1.29, 1.82) is 0 Å². The normalized spacial score (nSPS) is 21.9. The van der Waals surface area contributed by atoms with Crippen molar-refractivity contribution < 1.29 is 5.11 Å². The molecule has 0 unspecified atom stereocenters. The van der Waals surface area contributed by atoms with Crippen molar-refractivity contribution in [2.24, 2.45) is 0 Å². The summed E-state index contributed by atoms with van der Waals surface area (Å²) in [5, 5.41) is 9.43. The van der Waals surface area contributed by atoms with Crippen molar-refractivity contribution in [3.8, 4) is 0 Å². The molecule has 2 aliphatic heterocycles. The lowest BCUT2D eigenvalue weighted by atomic mass is 9.98. The van der Waals surface area contributed by atoms with E-state index in [9.17, 15) is 5.11 Å². The van der Waals surface area contributed by atoms with Crippen LogP contribution in [0.2, 0.25) is 0 Å². The van der Waals surface area contributed by atoms with Crippen LogP contribution in [0.15, 0.2) is 12.3 Å². The fourth-order valence-electron chi connectivity index (χ4n) is 3.50. The highest BCUT2D eigenvalue weighted by molar-refractivity contribution is 5.86. The molecule has 0 aromatic carbocycles. The molecule has 2 aliphatic rings. The second kappa shape index (κ2) is 4.96. The summed E-state index contributed by atoms with van der Waals surface area (Å²) < 4.78 is 0. The standard InChI is InChI=1S/C15H21N5O/c1-10-17-13-2-5-16-14(13)15(18-10)19-6-3-11(4-7-19)20-8-12(21)9-20/h2,5,11-12,16,21H,3-4,6-9H2,1H3. The minimum Gasteiger partial charge on any atom is -0.390 e. The average molecular weight is 287 g/mol. The van der Waals surface area contributed by atoms with Crippen LogP contribution in [0.25, 0.3) is 11.0 Å². The number of hydrogen-bond acceptors (Lipinski definition) is 5. The quantitative estimate of drug-likeness (QED) is 0.859. The Morgan fingerprint density at radius 1 is 1.24 bits per heavy atom. The molecule has 2 aromatic heterocycles. The number of H-pyrrole nitrogens is 1. The van der Waals surface area contributed by atoms with Gasteiger partial charge < -0.3 is 15.0 Å². The molecule has 2 fully saturated rings. The molecule has 112 valence electrons. The number of fused-ring (bicyclic) bond motifs is 1. The maximum absolute atomic E-state index is 9.43. The monoisotopic (exact) mass is 287 g/mol. The minimum atomic E-state index is -0.105. The molecule has 4 rings (SSSR count). The molecule has 0 radical (unpaired) electrons. The molecule has 0 spiro atoms. The number of nitrogens with zero attached hydrogens (tertiary/aromatic N) is 4. The van der Waals surface area contributed by atoms with Crippen LogP contribution < -0.4 is 4.90 Å². The second-order valence-corrected chi connectivity index (χ2v) is 6.16. The van der Waals surface area contributed by atoms with Gasteiger partial charge in [-0.05, 0) is 25.8 Å². The van der Waals surface area contributed by atoms with E-state index < -0.39 is 0 Å². The van der Waals surface area contributed by atoms with E-state index in [2.05, 4.69) is 24.8 Å². The van der Waals surface area contributed by atoms with E-state index in [1.165, 1.54) is 0 Å². The third-order valence-corrected chi connectivity index (χ3v) is 4.67. The van der Waals surface area contributed by atoms with E-state index in [1.54, 1.807) is 0 Å². The van der Waals surface area contributed by atoms with Crippen LogP contribution in [0.1, 0.15) is 18.7 Å². The summed E-state index contributed by atoms with van der Waals surface area (Å²) in [6.07, 6.45) is 4.10. The summed E-state index contributed by atoms with van der Waals surface area (Å²) in [6.45, 7) is 5.67. The largest absolute Gasteiger partial charge is 0.390 e. The van der Waals surface area contributed by atoms with Gasteiger partial charge in [-0.3, -0.25) is 4.90 Å². The number of anilines is 1. The van der Waals surface area contributed by atoms with Crippen LogP contribution >= 0.6 is 0 Å². The van der Waals surface area contributed by atoms with Crippen LogP contribution in [-0.2, 0) is 0 Å². The Kier molecular flexibility index (Phi) is 3.08. The van der Waals surface area contributed by atoms with Gasteiger partial charge in [0, 0.05) is 38.4 Å². The van der Waals surface area contributed by atoms with Crippen molar-refractivity contribution in [2.75, 3.05) is 31.1 Å². The Balaban J connectivity index is 1.51. The lowest BCUT2D eigenvalue weighted by Crippen LogP contribution is -2.57. The first-order valence-electron chi connectivity index (χ1n) is 7.69. The summed E-state index contributed by atoms with van der Waals surface area (Å²) in [5.41, 5.74) is 2.03. The van der Waals surface area contributed by atoms with Gasteiger partial charge in [0.25, 0.3) is 0 Å². The molecule has 6 nitrogen and oxygen atoms in total. The molecule has 2 N–H and O–H groups in total. The van der Waals surface area contributed by atoms with Crippen molar-refractivity contribution in [1.82, 2.24) is 19.9 Å². The second-order valence-electron chi connectivity index (χ2n) is 6.16. The van der Waals surface area contributed by atoms with Gasteiger partial charge in [0.15, 0.2) is 5.82 Å². The van der Waals surface area contributed by atoms with E-state index in [0.29, 0.717) is 6.04 Å². The molecule has 2 aromatic rings. The Bertz CT molecular complexity index is 641. The van der Waals surface area contributed by atoms with Crippen molar-refractivity contribution >= 4 is 16.9 Å². The van der Waals surface area contributed by atoms with Gasteiger partial charge in [0.05, 0.1) is 11.6 Å². The number of nitrogens with one attached hydrogen (secondary N) is 1. The molecular formula is C15H21N5O. The molecule has 2 saturated heterocycles. The topological polar surface area (TPSA) is 68.3 Å². The maximum atomic E-state index is 9.43. The van der Waals surface area contributed by atoms with E-state index in [1.807, 2.05) is 19.2 Å². The van der Waals surface area contributed by atoms with Gasteiger partial charge in [0.1, 0.15) is 11.3 Å². The molecule has 0 aliphatic carbocycles. The van der Waals surface area contributed by atoms with Crippen molar-refractivity contribution in [3.63, 3.8) is 0 Å². The van der Waals surface area contributed by atoms with Crippen molar-refractivity contribution in [2.45, 2.75) is 31.9 Å². The van der Waals surface area contributed by atoms with Gasteiger partial charge in [-0.15, -0.1) is 0 Å². The van der Waals surface area contributed by atoms with Gasteiger partial charge in [-0.1, -0.05) is 0 Å². The average Bonchev–Trinajstić information content (AvgIpc) is 2.91. The number of aryl methyl sites for hydroxylation is 1. The lowest BCUT2D eigenvalue weighted by molar-refractivity contribution is -0.0301. The van der Waals surface area contributed by atoms with Gasteiger partial charge in [0.2, 0.25) is 0 Å². The minimum absolute atomic E-state index is 0.105. The lowest BCUT2D eigenvalue weighted by Gasteiger charge is -2.45. The Labute approximate surface area is 123 Å². The summed E-state index contributed by atoms with van der Waals surface area (Å²) in [6, 6.07) is 2.62. The smallest absolute Gasteiger partial charge is 0.156 e. The van der Waals surface area contributed by atoms with E-state index >= 15 is 0 Å². The summed E-state index contributed by atoms with van der Waals surface area (Å²) in [7, 11) is 0. The van der Waals surface area contributed by atoms with Gasteiger partial charge >= 0.3 is 0 Å². The van der Waals surface area contributed by atoms with E-state index in [4.69, 9.17) is 0 Å². The first-order chi connectivity index (χ1) is 10.2. The zero-order valence-electron chi connectivity index (χ0n) is 12.3. The predicted octanol–water partition coefficient (Wildman–Crippen LogP) is 0.912. The summed E-state index contributed by atoms with van der Waals surface area (Å²) in [5.74, 6) is 1.86. The van der Waals surface area contributed by atoms with Crippen LogP contribution in [-0.4, -0.2) is 63.3 Å². The number of aliphatic hydroxyl groups is 1. The van der Waals surface area contributed by atoms with Crippen LogP contribution in [0.4, 0.5) is 5.82 Å². The fraction of sp³-hybridized carbons (Fsp3) is 0.600. The van der Waals surface area contributed by atoms with Crippen LogP contribution in [0, 0.1) is 6.92 Å². The van der Waals surface area contributed by atoms with Gasteiger partial charge in [-0.2, -0.15) is 0 Å². The number of likely N-dealkylation sites (tertiary alicyclic amines) is 1. The first-order valence-corrected chi connectivity index (χ1v) is 7.69. The van der Waals surface area contributed by atoms with E-state index in [0.717, 1.165) is 61.7 Å². The van der Waals surface area contributed by atoms with Crippen molar-refractivity contribution in [3.05, 3.63) is 18.1 Å². The third kappa shape index (κ3) is 2.28. The molecule has 0 bridgehead atoms. The number of hydrogen-bond donors (Lipinski definition) is 2. The molecule has 0 atom stereocenters. The highest BCUT2D eigenvalue weighted by Crippen LogP contribution is 2.28. The van der Waals surface area contributed by atoms with Crippen LogP contribution in [0.5, 0.6) is 0 Å². The highest BCUT2D eigenvalue weighted by atomic mass is 16.3. The molecule has 0 saturated carbocycles. The highest BCUT2D eigenvalue weighted by Gasteiger charge is 2.33. The third-order valence-electron chi connectivity index (χ3n) is 4.67. The Hall–Kier alpha value is -1.66.